The molecule has 23 heavy (non-hydrogen) atoms. The third-order valence-electron chi connectivity index (χ3n) is 4.29. The van der Waals surface area contributed by atoms with E-state index < -0.39 is 10.0 Å². The van der Waals surface area contributed by atoms with Gasteiger partial charge in [0.1, 0.15) is 0 Å². The third kappa shape index (κ3) is 3.67. The van der Waals surface area contributed by atoms with E-state index in [0.717, 1.165) is 18.7 Å². The molecule has 0 N–H and O–H groups in total. The molecule has 1 heterocycles. The molecule has 1 aliphatic heterocycles. The Morgan fingerprint density at radius 3 is 2.17 bits per heavy atom. The Labute approximate surface area is 138 Å². The molecule has 1 fully saturated rings. The van der Waals surface area contributed by atoms with Gasteiger partial charge in [-0.15, -0.1) is 0 Å². The summed E-state index contributed by atoms with van der Waals surface area (Å²) in [5.74, 6) is 0.0121. The molecule has 1 aliphatic rings. The highest BCUT2D eigenvalue weighted by Crippen LogP contribution is 2.25. The van der Waals surface area contributed by atoms with Gasteiger partial charge in [-0.1, -0.05) is 30.3 Å². The van der Waals surface area contributed by atoms with E-state index in [1.807, 2.05) is 54.6 Å². The Kier molecular flexibility index (Phi) is 4.57. The predicted octanol–water partition coefficient (Wildman–Crippen LogP) is 3.25. The van der Waals surface area contributed by atoms with E-state index in [-0.39, 0.29) is 5.75 Å². The van der Waals surface area contributed by atoms with Crippen molar-refractivity contribution in [2.75, 3.05) is 29.3 Å². The molecule has 3 rings (SSSR count). The van der Waals surface area contributed by atoms with Crippen molar-refractivity contribution in [2.45, 2.75) is 18.6 Å². The largest absolute Gasteiger partial charge is 0.372 e. The summed E-state index contributed by atoms with van der Waals surface area (Å²) < 4.78 is 26.5. The number of benzene rings is 2. The summed E-state index contributed by atoms with van der Waals surface area (Å²) in [7, 11) is -1.76. The monoisotopic (exact) mass is 330 g/mol. The van der Waals surface area contributed by atoms with Crippen LogP contribution in [0.15, 0.2) is 54.6 Å². The molecule has 0 spiro atoms. The number of nitrogens with zero attached hydrogens (tertiary/aromatic N) is 2. The summed E-state index contributed by atoms with van der Waals surface area (Å²) in [6.07, 6.45) is 2.46. The predicted molar refractivity (Wildman–Crippen MR) is 95.4 cm³/mol. The molecular formula is C18H22N2O2S. The van der Waals surface area contributed by atoms with Gasteiger partial charge in [-0.05, 0) is 42.7 Å². The van der Waals surface area contributed by atoms with Gasteiger partial charge >= 0.3 is 0 Å². The van der Waals surface area contributed by atoms with Crippen molar-refractivity contribution in [3.05, 3.63) is 60.2 Å². The van der Waals surface area contributed by atoms with Gasteiger partial charge in [0.25, 0.3) is 0 Å². The first-order valence-corrected chi connectivity index (χ1v) is 9.53. The van der Waals surface area contributed by atoms with Crippen LogP contribution in [0, 0.1) is 0 Å². The van der Waals surface area contributed by atoms with Gasteiger partial charge in [0.2, 0.25) is 10.0 Å². The molecule has 0 atom stereocenters. The molecule has 1 saturated heterocycles. The molecule has 0 saturated carbocycles. The summed E-state index contributed by atoms with van der Waals surface area (Å²) in [5.41, 5.74) is 2.66. The van der Waals surface area contributed by atoms with Crippen molar-refractivity contribution in [2.24, 2.45) is 0 Å². The average Bonchev–Trinajstić information content (AvgIpc) is 3.09. The second-order valence-corrected chi connectivity index (χ2v) is 7.92. The van der Waals surface area contributed by atoms with Crippen LogP contribution in [0.2, 0.25) is 0 Å². The summed E-state index contributed by atoms with van der Waals surface area (Å²) in [5, 5.41) is 0. The second kappa shape index (κ2) is 6.62. The normalized spacial score (nSPS) is 14.9. The minimum atomic E-state index is -3.38. The molecule has 122 valence electrons. The molecule has 0 amide bonds. The Hall–Kier alpha value is -2.01. The molecule has 0 unspecified atom stereocenters. The van der Waals surface area contributed by atoms with Gasteiger partial charge in [0, 0.05) is 25.8 Å². The van der Waals surface area contributed by atoms with Gasteiger partial charge in [-0.3, -0.25) is 4.31 Å². The lowest BCUT2D eigenvalue weighted by molar-refractivity contribution is 0.593. The van der Waals surface area contributed by atoms with Crippen LogP contribution in [-0.2, 0) is 15.8 Å². The van der Waals surface area contributed by atoms with Gasteiger partial charge < -0.3 is 4.90 Å². The molecule has 0 aliphatic carbocycles. The molecule has 0 bridgehead atoms. The first-order chi connectivity index (χ1) is 11.1. The van der Waals surface area contributed by atoms with Crippen LogP contribution in [0.4, 0.5) is 11.4 Å². The highest BCUT2D eigenvalue weighted by atomic mass is 32.2. The maximum Gasteiger partial charge on any atom is 0.239 e. The van der Waals surface area contributed by atoms with Crippen LogP contribution in [0.5, 0.6) is 0 Å². The maximum atomic E-state index is 12.6. The van der Waals surface area contributed by atoms with E-state index in [1.165, 1.54) is 22.8 Å². The lowest BCUT2D eigenvalue weighted by atomic mass is 10.2. The van der Waals surface area contributed by atoms with Gasteiger partial charge in [0.15, 0.2) is 0 Å². The zero-order chi connectivity index (χ0) is 16.3. The standard InChI is InChI=1S/C18H22N2O2S/c1-19(23(21,22)15-16-7-3-2-4-8-16)17-9-11-18(12-10-17)20-13-5-6-14-20/h2-4,7-12H,5-6,13-15H2,1H3. The molecule has 2 aromatic rings. The van der Waals surface area contributed by atoms with Crippen molar-refractivity contribution in [1.29, 1.82) is 0 Å². The van der Waals surface area contributed by atoms with Crippen molar-refractivity contribution in [1.82, 2.24) is 0 Å². The van der Waals surface area contributed by atoms with E-state index in [4.69, 9.17) is 0 Å². The van der Waals surface area contributed by atoms with Crippen molar-refractivity contribution < 1.29 is 8.42 Å². The smallest absolute Gasteiger partial charge is 0.239 e. The van der Waals surface area contributed by atoms with Crippen LogP contribution in [0.25, 0.3) is 0 Å². The summed E-state index contributed by atoms with van der Waals surface area (Å²) in [4.78, 5) is 2.34. The van der Waals surface area contributed by atoms with Crippen molar-refractivity contribution in [3.63, 3.8) is 0 Å². The Bertz CT molecular complexity index is 736. The van der Waals surface area contributed by atoms with Crippen LogP contribution in [0.1, 0.15) is 18.4 Å². The van der Waals surface area contributed by atoms with Gasteiger partial charge in [0.05, 0.1) is 11.4 Å². The minimum absolute atomic E-state index is 0.0121. The van der Waals surface area contributed by atoms with Crippen LogP contribution >= 0.6 is 0 Å². The molecule has 4 nitrogen and oxygen atoms in total. The third-order valence-corrected chi connectivity index (χ3v) is 6.04. The fourth-order valence-corrected chi connectivity index (χ4v) is 4.14. The number of sulfonamides is 1. The first kappa shape index (κ1) is 15.9. The zero-order valence-electron chi connectivity index (χ0n) is 13.4. The SMILES string of the molecule is CN(c1ccc(N2CCCC2)cc1)S(=O)(=O)Cc1ccccc1. The van der Waals surface area contributed by atoms with Crippen LogP contribution < -0.4 is 9.21 Å². The van der Waals surface area contributed by atoms with Crippen LogP contribution in [0.3, 0.4) is 0 Å². The van der Waals surface area contributed by atoms with Gasteiger partial charge in [-0.25, -0.2) is 8.42 Å². The molecule has 0 aromatic heterocycles. The lowest BCUT2D eigenvalue weighted by Gasteiger charge is -2.22. The maximum absolute atomic E-state index is 12.6. The van der Waals surface area contributed by atoms with Crippen molar-refractivity contribution >= 4 is 21.4 Å². The molecule has 0 radical (unpaired) electrons. The number of rotatable bonds is 5. The molecule has 5 heteroatoms. The van der Waals surface area contributed by atoms with Crippen LogP contribution in [-0.4, -0.2) is 28.6 Å². The summed E-state index contributed by atoms with van der Waals surface area (Å²) in [6.45, 7) is 2.17. The van der Waals surface area contributed by atoms with Crippen molar-refractivity contribution in [3.8, 4) is 0 Å². The average molecular weight is 330 g/mol. The summed E-state index contributed by atoms with van der Waals surface area (Å²) in [6, 6.07) is 17.1. The minimum Gasteiger partial charge on any atom is -0.372 e. The Balaban J connectivity index is 1.75. The number of anilines is 2. The fraction of sp³-hybridized carbons (Fsp3) is 0.333. The fourth-order valence-electron chi connectivity index (χ4n) is 2.89. The lowest BCUT2D eigenvalue weighted by Crippen LogP contribution is -2.28. The zero-order valence-corrected chi connectivity index (χ0v) is 14.2. The summed E-state index contributed by atoms with van der Waals surface area (Å²) >= 11 is 0. The van der Waals surface area contributed by atoms with E-state index in [1.54, 1.807) is 7.05 Å². The highest BCUT2D eigenvalue weighted by molar-refractivity contribution is 7.92. The highest BCUT2D eigenvalue weighted by Gasteiger charge is 2.19. The topological polar surface area (TPSA) is 40.6 Å². The van der Waals surface area contributed by atoms with E-state index >= 15 is 0 Å². The Morgan fingerprint density at radius 1 is 0.957 bits per heavy atom. The number of hydrogen-bond donors (Lipinski definition) is 0. The van der Waals surface area contributed by atoms with E-state index in [0.29, 0.717) is 5.69 Å². The van der Waals surface area contributed by atoms with E-state index in [9.17, 15) is 8.42 Å². The van der Waals surface area contributed by atoms with E-state index in [2.05, 4.69) is 4.90 Å². The molecular weight excluding hydrogens is 308 g/mol. The molecule has 2 aromatic carbocycles. The number of hydrogen-bond acceptors (Lipinski definition) is 3. The van der Waals surface area contributed by atoms with Gasteiger partial charge in [-0.2, -0.15) is 0 Å². The Morgan fingerprint density at radius 2 is 1.57 bits per heavy atom. The quantitative estimate of drug-likeness (QED) is 0.845. The first-order valence-electron chi connectivity index (χ1n) is 7.92. The second-order valence-electron chi connectivity index (χ2n) is 5.92.